The van der Waals surface area contributed by atoms with Crippen LogP contribution in [0.4, 0.5) is 0 Å². The molecule has 2 aromatic heterocycles. The number of aryl methyl sites for hydroxylation is 1. The van der Waals surface area contributed by atoms with E-state index in [1.54, 1.807) is 0 Å². The van der Waals surface area contributed by atoms with Gasteiger partial charge in [0, 0.05) is 32.7 Å². The topological polar surface area (TPSA) is 93.6 Å². The van der Waals surface area contributed by atoms with Gasteiger partial charge < -0.3 is 13.8 Å². The summed E-state index contributed by atoms with van der Waals surface area (Å²) in [5.74, 6) is 2.72. The van der Waals surface area contributed by atoms with Crippen molar-refractivity contribution < 1.29 is 13.8 Å². The third kappa shape index (κ3) is 5.12. The molecule has 0 radical (unpaired) electrons. The van der Waals surface area contributed by atoms with Crippen LogP contribution in [-0.2, 0) is 17.7 Å². The molecule has 1 fully saturated rings. The van der Waals surface area contributed by atoms with E-state index in [9.17, 15) is 0 Å². The Morgan fingerprint density at radius 3 is 2.63 bits per heavy atom. The van der Waals surface area contributed by atoms with Crippen molar-refractivity contribution in [1.29, 1.82) is 0 Å². The maximum atomic E-state index is 5.52. The molecule has 3 heterocycles. The van der Waals surface area contributed by atoms with Crippen LogP contribution in [0.2, 0.25) is 0 Å². The van der Waals surface area contributed by atoms with E-state index in [1.165, 1.54) is 0 Å². The lowest BCUT2D eigenvalue weighted by Crippen LogP contribution is -2.32. The van der Waals surface area contributed by atoms with Crippen molar-refractivity contribution in [3.8, 4) is 0 Å². The first-order chi connectivity index (χ1) is 13.1. The van der Waals surface area contributed by atoms with Crippen LogP contribution in [0, 0.1) is 0 Å². The third-order valence-corrected chi connectivity index (χ3v) is 4.95. The van der Waals surface area contributed by atoms with E-state index in [0.29, 0.717) is 30.8 Å². The lowest BCUT2D eigenvalue weighted by atomic mass is 10.2. The standard InChI is InChI=1S/C18H30N6O3/c1-5-15-19-18(27-21-15)13(3)24-9-7-8-23(10-11-24)12-16-20-17(22-26-16)14(4)25-6-2/h13-14H,5-12H2,1-4H3/t13-,14+/m0/s1. The van der Waals surface area contributed by atoms with E-state index < -0.39 is 0 Å². The van der Waals surface area contributed by atoms with Gasteiger partial charge in [-0.15, -0.1) is 0 Å². The number of aromatic nitrogens is 4. The fourth-order valence-electron chi connectivity index (χ4n) is 3.29. The van der Waals surface area contributed by atoms with Crippen LogP contribution in [-0.4, -0.2) is 62.9 Å². The SMILES string of the molecule is CCO[C@H](C)c1noc(CN2CCCN([C@@H](C)c3nc(CC)no3)CC2)n1. The second kappa shape index (κ2) is 9.38. The van der Waals surface area contributed by atoms with E-state index in [2.05, 4.69) is 37.0 Å². The summed E-state index contributed by atoms with van der Waals surface area (Å²) in [6.07, 6.45) is 1.71. The summed E-state index contributed by atoms with van der Waals surface area (Å²) in [5.41, 5.74) is 0. The van der Waals surface area contributed by atoms with Crippen molar-refractivity contribution in [3.05, 3.63) is 23.4 Å². The molecule has 0 saturated carbocycles. The first-order valence-corrected chi connectivity index (χ1v) is 9.83. The Kier molecular flexibility index (Phi) is 6.92. The summed E-state index contributed by atoms with van der Waals surface area (Å²) in [6.45, 7) is 13.2. The number of hydrogen-bond acceptors (Lipinski definition) is 9. The van der Waals surface area contributed by atoms with Crippen LogP contribution in [0.15, 0.2) is 9.05 Å². The molecule has 2 aromatic rings. The molecular weight excluding hydrogens is 348 g/mol. The molecule has 0 spiro atoms. The second-order valence-corrected chi connectivity index (χ2v) is 6.89. The zero-order valence-electron chi connectivity index (χ0n) is 16.7. The molecule has 9 nitrogen and oxygen atoms in total. The average Bonchev–Trinajstić information content (AvgIpc) is 3.27. The molecular formula is C18H30N6O3. The Balaban J connectivity index is 1.53. The number of rotatable bonds is 8. The fraction of sp³-hybridized carbons (Fsp3) is 0.778. The quantitative estimate of drug-likeness (QED) is 0.686. The molecule has 150 valence electrons. The Hall–Kier alpha value is -1.84. The number of nitrogens with zero attached hydrogens (tertiary/aromatic N) is 6. The van der Waals surface area contributed by atoms with Crippen LogP contribution in [0.1, 0.15) is 69.7 Å². The molecule has 0 aromatic carbocycles. The molecule has 9 heteroatoms. The maximum Gasteiger partial charge on any atom is 0.243 e. The lowest BCUT2D eigenvalue weighted by Gasteiger charge is -2.24. The van der Waals surface area contributed by atoms with Crippen molar-refractivity contribution in [2.75, 3.05) is 32.8 Å². The molecule has 3 rings (SSSR count). The number of hydrogen-bond donors (Lipinski definition) is 0. The van der Waals surface area contributed by atoms with Crippen molar-refractivity contribution >= 4 is 0 Å². The Bertz CT molecular complexity index is 703. The summed E-state index contributed by atoms with van der Waals surface area (Å²) in [5, 5.41) is 8.05. The summed E-state index contributed by atoms with van der Waals surface area (Å²) in [6, 6.07) is 0.125. The fourth-order valence-corrected chi connectivity index (χ4v) is 3.29. The minimum Gasteiger partial charge on any atom is -0.371 e. The minimum atomic E-state index is -0.143. The molecule has 1 aliphatic rings. The Labute approximate surface area is 160 Å². The normalized spacial score (nSPS) is 19.1. The predicted molar refractivity (Wildman–Crippen MR) is 97.9 cm³/mol. The first kappa shape index (κ1) is 19.9. The highest BCUT2D eigenvalue weighted by molar-refractivity contribution is 4.93. The predicted octanol–water partition coefficient (Wildman–Crippen LogP) is 2.38. The molecule has 1 saturated heterocycles. The summed E-state index contributed by atoms with van der Waals surface area (Å²) in [4.78, 5) is 13.7. The van der Waals surface area contributed by atoms with Gasteiger partial charge in [0.1, 0.15) is 6.10 Å². The highest BCUT2D eigenvalue weighted by atomic mass is 16.5. The summed E-state index contributed by atoms with van der Waals surface area (Å²) >= 11 is 0. The van der Waals surface area contributed by atoms with Gasteiger partial charge in [-0.25, -0.2) is 0 Å². The lowest BCUT2D eigenvalue weighted by molar-refractivity contribution is 0.0683. The highest BCUT2D eigenvalue weighted by Gasteiger charge is 2.25. The largest absolute Gasteiger partial charge is 0.371 e. The maximum absolute atomic E-state index is 5.52. The molecule has 0 unspecified atom stereocenters. The molecule has 2 atom stereocenters. The van der Waals surface area contributed by atoms with Crippen LogP contribution >= 0.6 is 0 Å². The van der Waals surface area contributed by atoms with Gasteiger partial charge >= 0.3 is 0 Å². The van der Waals surface area contributed by atoms with Crippen molar-refractivity contribution in [2.45, 2.75) is 59.2 Å². The Morgan fingerprint density at radius 1 is 1.04 bits per heavy atom. The van der Waals surface area contributed by atoms with Gasteiger partial charge in [0.05, 0.1) is 12.6 Å². The highest BCUT2D eigenvalue weighted by Crippen LogP contribution is 2.21. The van der Waals surface area contributed by atoms with Gasteiger partial charge in [-0.2, -0.15) is 9.97 Å². The average molecular weight is 378 g/mol. The molecule has 0 N–H and O–H groups in total. The van der Waals surface area contributed by atoms with Gasteiger partial charge in [0.25, 0.3) is 0 Å². The van der Waals surface area contributed by atoms with Crippen LogP contribution in [0.25, 0.3) is 0 Å². The zero-order chi connectivity index (χ0) is 19.2. The van der Waals surface area contributed by atoms with Gasteiger partial charge in [-0.3, -0.25) is 9.80 Å². The zero-order valence-corrected chi connectivity index (χ0v) is 16.7. The monoisotopic (exact) mass is 378 g/mol. The smallest absolute Gasteiger partial charge is 0.243 e. The van der Waals surface area contributed by atoms with Crippen LogP contribution in [0.5, 0.6) is 0 Å². The molecule has 0 amide bonds. The van der Waals surface area contributed by atoms with Gasteiger partial charge in [-0.1, -0.05) is 17.2 Å². The Morgan fingerprint density at radius 2 is 1.89 bits per heavy atom. The number of ether oxygens (including phenoxy) is 1. The van der Waals surface area contributed by atoms with Crippen molar-refractivity contribution in [2.24, 2.45) is 0 Å². The first-order valence-electron chi connectivity index (χ1n) is 9.83. The van der Waals surface area contributed by atoms with Crippen molar-refractivity contribution in [3.63, 3.8) is 0 Å². The molecule has 27 heavy (non-hydrogen) atoms. The van der Waals surface area contributed by atoms with E-state index >= 15 is 0 Å². The molecule has 1 aliphatic heterocycles. The van der Waals surface area contributed by atoms with Crippen LogP contribution < -0.4 is 0 Å². The second-order valence-electron chi connectivity index (χ2n) is 6.89. The summed E-state index contributed by atoms with van der Waals surface area (Å²) < 4.78 is 16.3. The van der Waals surface area contributed by atoms with E-state index in [1.807, 2.05) is 20.8 Å². The molecule has 0 bridgehead atoms. The van der Waals surface area contributed by atoms with Crippen molar-refractivity contribution in [1.82, 2.24) is 30.1 Å². The van der Waals surface area contributed by atoms with E-state index in [4.69, 9.17) is 13.8 Å². The minimum absolute atomic E-state index is 0.125. The van der Waals surface area contributed by atoms with E-state index in [-0.39, 0.29) is 12.1 Å². The van der Waals surface area contributed by atoms with Gasteiger partial charge in [0.2, 0.25) is 11.8 Å². The van der Waals surface area contributed by atoms with Gasteiger partial charge in [-0.05, 0) is 33.7 Å². The molecule has 0 aliphatic carbocycles. The van der Waals surface area contributed by atoms with Crippen LogP contribution in [0.3, 0.4) is 0 Å². The third-order valence-electron chi connectivity index (χ3n) is 4.95. The van der Waals surface area contributed by atoms with Gasteiger partial charge in [0.15, 0.2) is 11.6 Å². The summed E-state index contributed by atoms with van der Waals surface area (Å²) in [7, 11) is 0. The van der Waals surface area contributed by atoms with E-state index in [0.717, 1.165) is 44.8 Å².